The molecule has 1 aromatic heterocycles. The van der Waals surface area contributed by atoms with E-state index in [-0.39, 0.29) is 30.7 Å². The number of aromatic nitrogens is 2. The van der Waals surface area contributed by atoms with Gasteiger partial charge in [-0.25, -0.2) is 4.98 Å². The summed E-state index contributed by atoms with van der Waals surface area (Å²) in [6, 6.07) is 9.71. The van der Waals surface area contributed by atoms with Crippen molar-refractivity contribution < 1.29 is 4.79 Å². The number of benzene rings is 1. The van der Waals surface area contributed by atoms with Crippen molar-refractivity contribution in [2.75, 3.05) is 19.6 Å². The molecule has 122 valence electrons. The molecule has 5 nitrogen and oxygen atoms in total. The predicted octanol–water partition coefficient (Wildman–Crippen LogP) is 2.45. The molecule has 0 saturated carbocycles. The molecular weight excluding hydrogens is 323 g/mol. The lowest BCUT2D eigenvalue weighted by molar-refractivity contribution is 0.0947. The van der Waals surface area contributed by atoms with E-state index in [1.807, 2.05) is 30.3 Å². The molecule has 22 heavy (non-hydrogen) atoms. The Morgan fingerprint density at radius 1 is 1.14 bits per heavy atom. The number of amides is 1. The lowest BCUT2D eigenvalue weighted by Crippen LogP contribution is -2.33. The van der Waals surface area contributed by atoms with Crippen LogP contribution in [-0.4, -0.2) is 35.1 Å². The number of nitrogens with one attached hydrogen (secondary N) is 2. The molecule has 1 heterocycles. The Hall–Kier alpha value is -1.56. The quantitative estimate of drug-likeness (QED) is 0.758. The van der Waals surface area contributed by atoms with Gasteiger partial charge in [0, 0.05) is 18.8 Å². The lowest BCUT2D eigenvalue weighted by atomic mass is 10.3. The van der Waals surface area contributed by atoms with E-state index in [4.69, 9.17) is 0 Å². The molecule has 2 aromatic rings. The molecule has 2 N–H and O–H groups in total. The first-order chi connectivity index (χ1) is 9.83. The van der Waals surface area contributed by atoms with Gasteiger partial charge in [0.15, 0.2) is 0 Å². The molecular formula is C15H22Cl2N4O. The molecule has 1 amide bonds. The highest BCUT2D eigenvalue weighted by Gasteiger charge is 2.11. The minimum absolute atomic E-state index is 0. The molecule has 0 aliphatic carbocycles. The van der Waals surface area contributed by atoms with Crippen molar-refractivity contribution in [1.82, 2.24) is 20.2 Å². The second kappa shape index (κ2) is 11.1. The summed E-state index contributed by atoms with van der Waals surface area (Å²) in [4.78, 5) is 16.2. The SMILES string of the molecule is CCCNCCNC(=O)c1cncn1-c1ccccc1.Cl.Cl. The van der Waals surface area contributed by atoms with Gasteiger partial charge in [0.1, 0.15) is 5.69 Å². The van der Waals surface area contributed by atoms with Gasteiger partial charge >= 0.3 is 0 Å². The summed E-state index contributed by atoms with van der Waals surface area (Å²) in [6.07, 6.45) is 4.33. The zero-order valence-corrected chi connectivity index (χ0v) is 14.1. The van der Waals surface area contributed by atoms with Crippen LogP contribution in [0.1, 0.15) is 23.8 Å². The fourth-order valence-electron chi connectivity index (χ4n) is 1.91. The highest BCUT2D eigenvalue weighted by atomic mass is 35.5. The first kappa shape index (κ1) is 20.4. The Bertz CT molecular complexity index is 545. The summed E-state index contributed by atoms with van der Waals surface area (Å²) in [5, 5.41) is 6.14. The molecule has 7 heteroatoms. The van der Waals surface area contributed by atoms with Crippen molar-refractivity contribution in [1.29, 1.82) is 0 Å². The zero-order chi connectivity index (χ0) is 14.2. The van der Waals surface area contributed by atoms with Crippen LogP contribution in [-0.2, 0) is 0 Å². The molecule has 0 aliphatic heterocycles. The van der Waals surface area contributed by atoms with Crippen molar-refractivity contribution in [2.24, 2.45) is 0 Å². The molecule has 1 aromatic carbocycles. The Balaban J connectivity index is 0.00000220. The normalized spacial score (nSPS) is 9.50. The third-order valence-corrected chi connectivity index (χ3v) is 2.92. The number of rotatable bonds is 7. The third-order valence-electron chi connectivity index (χ3n) is 2.92. The number of imidazole rings is 1. The summed E-state index contributed by atoms with van der Waals surface area (Å²) in [5.74, 6) is -0.107. The average molecular weight is 345 g/mol. The maximum Gasteiger partial charge on any atom is 0.269 e. The topological polar surface area (TPSA) is 58.9 Å². The number of carbonyl (C=O) groups excluding carboxylic acids is 1. The van der Waals surface area contributed by atoms with Crippen molar-refractivity contribution in [3.05, 3.63) is 48.5 Å². The van der Waals surface area contributed by atoms with Crippen LogP contribution in [0.15, 0.2) is 42.9 Å². The zero-order valence-electron chi connectivity index (χ0n) is 12.5. The number of hydrogen-bond donors (Lipinski definition) is 2. The van der Waals surface area contributed by atoms with Gasteiger partial charge in [-0.3, -0.25) is 9.36 Å². The number of hydrogen-bond acceptors (Lipinski definition) is 3. The van der Waals surface area contributed by atoms with E-state index in [1.165, 1.54) is 0 Å². The van der Waals surface area contributed by atoms with Crippen LogP contribution in [0.3, 0.4) is 0 Å². The van der Waals surface area contributed by atoms with E-state index in [2.05, 4.69) is 22.5 Å². The van der Waals surface area contributed by atoms with Crippen LogP contribution in [0.4, 0.5) is 0 Å². The van der Waals surface area contributed by atoms with Gasteiger partial charge in [-0.2, -0.15) is 0 Å². The lowest BCUT2D eigenvalue weighted by Gasteiger charge is -2.09. The average Bonchev–Trinajstić information content (AvgIpc) is 2.97. The van der Waals surface area contributed by atoms with Crippen molar-refractivity contribution in [3.63, 3.8) is 0 Å². The van der Waals surface area contributed by atoms with Crippen LogP contribution < -0.4 is 10.6 Å². The third kappa shape index (κ3) is 5.67. The molecule has 0 fully saturated rings. The van der Waals surface area contributed by atoms with Crippen LogP contribution in [0.5, 0.6) is 0 Å². The minimum Gasteiger partial charge on any atom is -0.349 e. The summed E-state index contributed by atoms with van der Waals surface area (Å²) in [6.45, 7) is 4.47. The first-order valence-electron chi connectivity index (χ1n) is 6.89. The summed E-state index contributed by atoms with van der Waals surface area (Å²) >= 11 is 0. The van der Waals surface area contributed by atoms with E-state index in [0.29, 0.717) is 12.2 Å². The van der Waals surface area contributed by atoms with E-state index in [9.17, 15) is 4.79 Å². The van der Waals surface area contributed by atoms with Crippen molar-refractivity contribution in [3.8, 4) is 5.69 Å². The largest absolute Gasteiger partial charge is 0.349 e. The second-order valence-corrected chi connectivity index (χ2v) is 4.49. The van der Waals surface area contributed by atoms with Crippen LogP contribution in [0.25, 0.3) is 5.69 Å². The number of nitrogens with zero attached hydrogens (tertiary/aromatic N) is 2. The molecule has 0 bridgehead atoms. The van der Waals surface area contributed by atoms with Gasteiger partial charge in [-0.15, -0.1) is 24.8 Å². The molecule has 0 atom stereocenters. The maximum atomic E-state index is 12.1. The van der Waals surface area contributed by atoms with Crippen LogP contribution >= 0.6 is 24.8 Å². The van der Waals surface area contributed by atoms with E-state index in [1.54, 1.807) is 17.1 Å². The van der Waals surface area contributed by atoms with Crippen LogP contribution in [0.2, 0.25) is 0 Å². The molecule has 0 spiro atoms. The molecule has 2 rings (SSSR count). The fourth-order valence-corrected chi connectivity index (χ4v) is 1.91. The standard InChI is InChI=1S/C15H20N4O.2ClH/c1-2-8-16-9-10-18-15(20)14-11-17-12-19(14)13-6-4-3-5-7-13;;/h3-7,11-12,16H,2,8-10H2,1H3,(H,18,20);2*1H. The van der Waals surface area contributed by atoms with Gasteiger partial charge < -0.3 is 10.6 Å². The smallest absolute Gasteiger partial charge is 0.269 e. The number of para-hydroxylation sites is 1. The molecule has 0 unspecified atom stereocenters. The number of carbonyl (C=O) groups is 1. The summed E-state index contributed by atoms with van der Waals surface area (Å²) < 4.78 is 1.79. The van der Waals surface area contributed by atoms with E-state index >= 15 is 0 Å². The number of halogens is 2. The molecule has 0 saturated heterocycles. The first-order valence-corrected chi connectivity index (χ1v) is 6.89. The van der Waals surface area contributed by atoms with Gasteiger partial charge in [0.2, 0.25) is 0 Å². The highest BCUT2D eigenvalue weighted by Crippen LogP contribution is 2.10. The molecule has 0 radical (unpaired) electrons. The Labute approximate surface area is 143 Å². The van der Waals surface area contributed by atoms with Crippen molar-refractivity contribution in [2.45, 2.75) is 13.3 Å². The summed E-state index contributed by atoms with van der Waals surface area (Å²) in [5.41, 5.74) is 1.48. The van der Waals surface area contributed by atoms with Crippen LogP contribution in [0, 0.1) is 0 Å². The van der Waals surface area contributed by atoms with Gasteiger partial charge in [-0.05, 0) is 25.1 Å². The van der Waals surface area contributed by atoms with Gasteiger partial charge in [-0.1, -0.05) is 25.1 Å². The highest BCUT2D eigenvalue weighted by molar-refractivity contribution is 5.93. The van der Waals surface area contributed by atoms with Gasteiger partial charge in [0.25, 0.3) is 5.91 Å². The minimum atomic E-state index is -0.107. The molecule has 0 aliphatic rings. The summed E-state index contributed by atoms with van der Waals surface area (Å²) in [7, 11) is 0. The Morgan fingerprint density at radius 2 is 1.86 bits per heavy atom. The maximum absolute atomic E-state index is 12.1. The fraction of sp³-hybridized carbons (Fsp3) is 0.333. The predicted molar refractivity (Wildman–Crippen MR) is 93.6 cm³/mol. The Morgan fingerprint density at radius 3 is 2.55 bits per heavy atom. The van der Waals surface area contributed by atoms with E-state index in [0.717, 1.165) is 25.2 Å². The van der Waals surface area contributed by atoms with Gasteiger partial charge in [0.05, 0.1) is 12.5 Å². The van der Waals surface area contributed by atoms with E-state index < -0.39 is 0 Å². The van der Waals surface area contributed by atoms with Crippen molar-refractivity contribution >= 4 is 30.7 Å². The Kier molecular flexibility index (Phi) is 10.3. The second-order valence-electron chi connectivity index (χ2n) is 4.49. The monoisotopic (exact) mass is 344 g/mol.